The number of pyridine rings is 2. The molecule has 3 amide bonds. The van der Waals surface area contributed by atoms with Gasteiger partial charge in [0.15, 0.2) is 16.6 Å². The summed E-state index contributed by atoms with van der Waals surface area (Å²) in [5, 5.41) is 40.4. The molecule has 5 aromatic rings. The highest BCUT2D eigenvalue weighted by Crippen LogP contribution is 2.37. The summed E-state index contributed by atoms with van der Waals surface area (Å²) in [5.41, 5.74) is 3.32. The molecule has 276 valence electrons. The Kier molecular flexibility index (Phi) is 9.85. The molecular formula is C36H39N15O2S. The van der Waals surface area contributed by atoms with Crippen LogP contribution in [0, 0.1) is 28.6 Å². The maximum Gasteiger partial charge on any atom is 0.329 e. The fraction of sp³-hybridized carbons (Fsp3) is 0.444. The second-order valence-corrected chi connectivity index (χ2v) is 15.0. The van der Waals surface area contributed by atoms with Gasteiger partial charge in [-0.15, -0.1) is 5.10 Å². The van der Waals surface area contributed by atoms with E-state index in [0.29, 0.717) is 53.2 Å². The molecule has 5 aromatic heterocycles. The highest BCUT2D eigenvalue weighted by atomic mass is 32.1. The number of thiazole rings is 1. The standard InChI is InChI=1S/C36H39N15O2S/c1-23(16-37)43-28-15-31(51-34-27(19-42-51)14-25(17-38)18-40-34)39-20-30(28)50-22-29(45-46-50)26-4-2-24(3-5-26)6-8-47-10-12-48(13-11-47)36-41-21-33(54-36)49-9-7-32(52)44-35(49)53/h14-15,18-24,26H,2-13H2,1H3,(H,39,43)(H,44,52,53)/t23-,24?,26?/m1/s1. The number of nitriles is 2. The number of nitrogens with zero attached hydrogens (tertiary/aromatic N) is 13. The molecule has 2 aliphatic heterocycles. The third kappa shape index (κ3) is 7.30. The molecule has 0 spiro atoms. The quantitative estimate of drug-likeness (QED) is 0.208. The Morgan fingerprint density at radius 2 is 1.83 bits per heavy atom. The van der Waals surface area contributed by atoms with Crippen molar-refractivity contribution >= 4 is 50.1 Å². The molecule has 0 bridgehead atoms. The smallest absolute Gasteiger partial charge is 0.329 e. The topological polar surface area (TPSA) is 203 Å². The van der Waals surface area contributed by atoms with Crippen molar-refractivity contribution in [2.75, 3.05) is 54.4 Å². The molecule has 17 nitrogen and oxygen atoms in total. The lowest BCUT2D eigenvalue weighted by atomic mass is 9.79. The van der Waals surface area contributed by atoms with Gasteiger partial charge in [-0.25, -0.2) is 24.4 Å². The van der Waals surface area contributed by atoms with E-state index < -0.39 is 6.04 Å². The predicted molar refractivity (Wildman–Crippen MR) is 201 cm³/mol. The van der Waals surface area contributed by atoms with E-state index >= 15 is 0 Å². The van der Waals surface area contributed by atoms with Gasteiger partial charge in [0.05, 0.1) is 47.8 Å². The minimum Gasteiger partial charge on any atom is -0.368 e. The summed E-state index contributed by atoms with van der Waals surface area (Å²) in [6, 6.07) is 7.04. The van der Waals surface area contributed by atoms with Crippen LogP contribution in [0.4, 0.5) is 20.6 Å². The molecule has 54 heavy (non-hydrogen) atoms. The average molecular weight is 746 g/mol. The zero-order chi connectivity index (χ0) is 37.2. The van der Waals surface area contributed by atoms with E-state index in [4.69, 9.17) is 0 Å². The van der Waals surface area contributed by atoms with Crippen LogP contribution in [0.2, 0.25) is 0 Å². The van der Waals surface area contributed by atoms with Crippen LogP contribution in [0.15, 0.2) is 43.1 Å². The Labute approximate surface area is 315 Å². The van der Waals surface area contributed by atoms with E-state index in [1.54, 1.807) is 45.8 Å². The van der Waals surface area contributed by atoms with Crippen LogP contribution in [0.25, 0.3) is 22.5 Å². The van der Waals surface area contributed by atoms with E-state index in [1.807, 2.05) is 12.3 Å². The summed E-state index contributed by atoms with van der Waals surface area (Å²) < 4.78 is 3.33. The number of rotatable bonds is 10. The van der Waals surface area contributed by atoms with Crippen molar-refractivity contribution in [2.45, 2.75) is 57.4 Å². The van der Waals surface area contributed by atoms with Crippen LogP contribution in [0.3, 0.4) is 0 Å². The molecule has 8 rings (SSSR count). The van der Waals surface area contributed by atoms with Gasteiger partial charge in [0, 0.05) is 62.7 Å². The Hall–Kier alpha value is -5.98. The number of piperazine rings is 1. The number of urea groups is 1. The molecule has 2 N–H and O–H groups in total. The van der Waals surface area contributed by atoms with Crippen LogP contribution in [-0.4, -0.2) is 102 Å². The van der Waals surface area contributed by atoms with E-state index in [-0.39, 0.29) is 11.9 Å². The van der Waals surface area contributed by atoms with Crippen LogP contribution in [0.5, 0.6) is 0 Å². The van der Waals surface area contributed by atoms with Crippen molar-refractivity contribution in [3.63, 3.8) is 0 Å². The van der Waals surface area contributed by atoms with E-state index in [1.165, 1.54) is 24.0 Å². The van der Waals surface area contributed by atoms with Gasteiger partial charge in [-0.3, -0.25) is 19.9 Å². The highest BCUT2D eigenvalue weighted by molar-refractivity contribution is 7.19. The maximum absolute atomic E-state index is 12.2. The maximum atomic E-state index is 12.2. The summed E-state index contributed by atoms with van der Waals surface area (Å²) in [6.45, 7) is 6.99. The van der Waals surface area contributed by atoms with Gasteiger partial charge in [-0.05, 0) is 57.6 Å². The van der Waals surface area contributed by atoms with Crippen LogP contribution < -0.4 is 20.4 Å². The number of carbonyl (C=O) groups is 2. The van der Waals surface area contributed by atoms with Crippen LogP contribution in [-0.2, 0) is 4.79 Å². The van der Waals surface area contributed by atoms with E-state index in [2.05, 4.69) is 62.9 Å². The monoisotopic (exact) mass is 745 g/mol. The minimum absolute atomic E-state index is 0.236. The lowest BCUT2D eigenvalue weighted by Gasteiger charge is -2.36. The molecule has 0 unspecified atom stereocenters. The van der Waals surface area contributed by atoms with E-state index in [0.717, 1.165) is 79.6 Å². The van der Waals surface area contributed by atoms with Crippen molar-refractivity contribution in [3.8, 4) is 23.6 Å². The Morgan fingerprint density at radius 1 is 1.00 bits per heavy atom. The molecule has 1 aliphatic carbocycles. The summed E-state index contributed by atoms with van der Waals surface area (Å²) >= 11 is 1.50. The Balaban J connectivity index is 0.844. The van der Waals surface area contributed by atoms with Crippen molar-refractivity contribution in [1.82, 2.24) is 49.9 Å². The summed E-state index contributed by atoms with van der Waals surface area (Å²) in [6.07, 6.45) is 14.5. The molecule has 0 radical (unpaired) electrons. The molecule has 0 aromatic carbocycles. The van der Waals surface area contributed by atoms with Crippen LogP contribution >= 0.6 is 11.3 Å². The molecule has 3 aliphatic rings. The number of amides is 3. The predicted octanol–water partition coefficient (Wildman–Crippen LogP) is 3.98. The Morgan fingerprint density at radius 3 is 2.61 bits per heavy atom. The zero-order valence-corrected chi connectivity index (χ0v) is 30.6. The number of hydrogen-bond acceptors (Lipinski definition) is 14. The van der Waals surface area contributed by atoms with Crippen molar-refractivity contribution < 1.29 is 9.59 Å². The molecule has 2 saturated heterocycles. The highest BCUT2D eigenvalue weighted by Gasteiger charge is 2.29. The first-order valence-electron chi connectivity index (χ1n) is 18.2. The molecule has 7 heterocycles. The SMILES string of the molecule is C[C@H](C#N)Nc1cc(-n2ncc3cc(C#N)cnc32)ncc1-n1cc(C2CCC(CCN3CCN(c4ncc(N5CCC(=O)NC5=O)s4)CC3)CC2)nn1. The first kappa shape index (κ1) is 35.1. The molecule has 18 heteroatoms. The van der Waals surface area contributed by atoms with Gasteiger partial charge in [0.1, 0.15) is 22.8 Å². The van der Waals surface area contributed by atoms with Gasteiger partial charge in [0.25, 0.3) is 0 Å². The van der Waals surface area contributed by atoms with Gasteiger partial charge in [-0.1, -0.05) is 16.6 Å². The average Bonchev–Trinajstić information content (AvgIpc) is 3.98. The largest absolute Gasteiger partial charge is 0.368 e. The summed E-state index contributed by atoms with van der Waals surface area (Å²) in [4.78, 5) is 43.8. The lowest BCUT2D eigenvalue weighted by molar-refractivity contribution is -0.120. The second kappa shape index (κ2) is 15.2. The molecule has 1 saturated carbocycles. The lowest BCUT2D eigenvalue weighted by Crippen LogP contribution is -2.49. The third-order valence-corrected chi connectivity index (χ3v) is 11.6. The molecular weight excluding hydrogens is 707 g/mol. The van der Waals surface area contributed by atoms with Gasteiger partial charge in [0.2, 0.25) is 5.91 Å². The minimum atomic E-state index is -0.469. The number of nitrogens with one attached hydrogen (secondary N) is 2. The molecule has 3 fully saturated rings. The molecule has 1 atom stereocenters. The number of aromatic nitrogens is 8. The van der Waals surface area contributed by atoms with Crippen molar-refractivity contribution in [2.24, 2.45) is 5.92 Å². The van der Waals surface area contributed by atoms with Gasteiger partial charge >= 0.3 is 6.03 Å². The number of carbonyl (C=O) groups excluding carboxylic acids is 2. The van der Waals surface area contributed by atoms with Crippen molar-refractivity contribution in [3.05, 3.63) is 54.4 Å². The second-order valence-electron chi connectivity index (χ2n) is 14.0. The first-order chi connectivity index (χ1) is 26.3. The normalized spacial score (nSPS) is 20.1. The Bertz CT molecular complexity index is 2250. The van der Waals surface area contributed by atoms with Crippen molar-refractivity contribution in [1.29, 1.82) is 10.5 Å². The number of imide groups is 1. The number of hydrogen-bond donors (Lipinski definition) is 2. The van der Waals surface area contributed by atoms with E-state index in [9.17, 15) is 20.1 Å². The summed E-state index contributed by atoms with van der Waals surface area (Å²) in [7, 11) is 0. The number of anilines is 3. The summed E-state index contributed by atoms with van der Waals surface area (Å²) in [5.74, 6) is 1.29. The third-order valence-electron chi connectivity index (χ3n) is 10.5. The van der Waals surface area contributed by atoms with Gasteiger partial charge in [-0.2, -0.15) is 20.3 Å². The van der Waals surface area contributed by atoms with Gasteiger partial charge < -0.3 is 10.2 Å². The van der Waals surface area contributed by atoms with Crippen LogP contribution in [0.1, 0.15) is 62.6 Å². The fourth-order valence-electron chi connectivity index (χ4n) is 7.43. The zero-order valence-electron chi connectivity index (χ0n) is 29.8. The first-order valence-corrected chi connectivity index (χ1v) is 19.0. The fourth-order valence-corrected chi connectivity index (χ4v) is 8.42. The number of fused-ring (bicyclic) bond motifs is 1.